The van der Waals surface area contributed by atoms with Gasteiger partial charge in [-0.15, -0.1) is 0 Å². The molecule has 280 valence electrons. The van der Waals surface area contributed by atoms with Crippen molar-refractivity contribution in [1.29, 1.82) is 0 Å². The molecule has 8 rings (SSSR count). The molecule has 0 amide bonds. The van der Waals surface area contributed by atoms with Crippen LogP contribution in [0.3, 0.4) is 0 Å². The molecule has 0 aromatic heterocycles. The van der Waals surface area contributed by atoms with Crippen molar-refractivity contribution in [1.82, 2.24) is 0 Å². The lowest BCUT2D eigenvalue weighted by Gasteiger charge is -2.37. The average molecular weight is 714 g/mol. The quantitative estimate of drug-likeness (QED) is 0.177. The minimum absolute atomic E-state index is 0.0700. The van der Waals surface area contributed by atoms with Gasteiger partial charge in [-0.05, 0) is 147 Å². The molecule has 0 bridgehead atoms. The minimum atomic E-state index is -0.275. The Bertz CT molecular complexity index is 1840. The number of carbonyl (C=O) groups is 2. The van der Waals surface area contributed by atoms with E-state index in [2.05, 4.69) is 67.7 Å². The van der Waals surface area contributed by atoms with E-state index in [9.17, 15) is 9.59 Å². The second-order valence-electron chi connectivity index (χ2n) is 17.2. The van der Waals surface area contributed by atoms with Crippen LogP contribution in [-0.4, -0.2) is 11.9 Å². The molecule has 1 aliphatic heterocycles. The molecule has 3 aromatic rings. The average Bonchev–Trinajstić information content (AvgIpc) is 3.21. The van der Waals surface area contributed by atoms with Crippen molar-refractivity contribution in [2.75, 3.05) is 5.32 Å². The van der Waals surface area contributed by atoms with Crippen molar-refractivity contribution in [2.45, 2.75) is 123 Å². The topological polar surface area (TPSA) is 64.6 Å². The summed E-state index contributed by atoms with van der Waals surface area (Å²) in [5.41, 5.74) is 4.41. The maximum absolute atomic E-state index is 13.7. The van der Waals surface area contributed by atoms with E-state index in [0.717, 1.165) is 97.1 Å². The van der Waals surface area contributed by atoms with Gasteiger partial charge in [-0.3, -0.25) is 4.79 Å². The Morgan fingerprint density at radius 1 is 0.698 bits per heavy atom. The zero-order valence-corrected chi connectivity index (χ0v) is 32.0. The highest BCUT2D eigenvalue weighted by molar-refractivity contribution is 6.10. The summed E-state index contributed by atoms with van der Waals surface area (Å²) < 4.78 is 12.4. The molecule has 0 spiro atoms. The van der Waals surface area contributed by atoms with Gasteiger partial charge in [0.25, 0.3) is 0 Å². The van der Waals surface area contributed by atoms with E-state index in [1.807, 2.05) is 6.07 Å². The van der Waals surface area contributed by atoms with Gasteiger partial charge in [0.2, 0.25) is 0 Å². The number of ether oxygens (including phenoxy) is 2. The summed E-state index contributed by atoms with van der Waals surface area (Å²) in [6, 6.07) is 18.0. The fourth-order valence-corrected chi connectivity index (χ4v) is 10.7. The number of esters is 2. The standard InChI is InChI=1S/C48H59NO4/c1-3-31-11-15-33(16-12-31)35-19-23-38(24-20-35)47(50)52-41-27-28-45(42(30-41)44-29-40-9-5-7-37-8-6-10-43(49-44)46(37)40)53-48(51)39-25-21-36(22-26-39)34-17-13-32(4-2)14-18-34/h5-10,25,27-36,38,49H,3-4,11-24,26H2,1-2H3/t31?,32?,33?,34?,35?,36-,38?/m0/s1. The van der Waals surface area contributed by atoms with Gasteiger partial charge in [-0.25, -0.2) is 4.79 Å². The van der Waals surface area contributed by atoms with Crippen molar-refractivity contribution in [3.8, 4) is 11.5 Å². The first-order valence-electron chi connectivity index (χ1n) is 21.2. The summed E-state index contributed by atoms with van der Waals surface area (Å²) in [6.07, 6.45) is 24.6. The largest absolute Gasteiger partial charge is 0.426 e. The van der Waals surface area contributed by atoms with E-state index in [0.29, 0.717) is 23.0 Å². The number of rotatable bonds is 9. The summed E-state index contributed by atoms with van der Waals surface area (Å²) >= 11 is 0. The third-order valence-corrected chi connectivity index (χ3v) is 14.3. The maximum atomic E-state index is 13.7. The number of hydrogen-bond donors (Lipinski definition) is 1. The van der Waals surface area contributed by atoms with E-state index < -0.39 is 0 Å². The number of benzene rings is 3. The molecule has 0 saturated heterocycles. The zero-order valence-electron chi connectivity index (χ0n) is 32.0. The van der Waals surface area contributed by atoms with Crippen LogP contribution in [0.5, 0.6) is 11.5 Å². The summed E-state index contributed by atoms with van der Waals surface area (Å²) in [6.45, 7) is 4.65. The normalized spacial score (nSPS) is 28.7. The predicted octanol–water partition coefficient (Wildman–Crippen LogP) is 12.5. The molecule has 3 fully saturated rings. The summed E-state index contributed by atoms with van der Waals surface area (Å²) in [5, 5.41) is 5.95. The molecule has 3 aromatic carbocycles. The molecular weight excluding hydrogens is 655 g/mol. The molecule has 1 heterocycles. The fourth-order valence-electron chi connectivity index (χ4n) is 10.7. The second kappa shape index (κ2) is 16.2. The SMILES string of the molecule is CCC1CCC(C2CCC(C(=O)Oc3ccc(OC(=O)C4=CC[C@H](C5CCC(CC)CC5)CC4)c(C4=Cc5cccc6cccc(c56)N4)c3)CC2)CC1. The van der Waals surface area contributed by atoms with Crippen LogP contribution in [0.15, 0.2) is 66.2 Å². The highest BCUT2D eigenvalue weighted by Gasteiger charge is 2.34. The van der Waals surface area contributed by atoms with E-state index in [1.54, 1.807) is 12.1 Å². The van der Waals surface area contributed by atoms with E-state index in [4.69, 9.17) is 9.47 Å². The molecular formula is C48H59NO4. The number of hydrogen-bond acceptors (Lipinski definition) is 5. The molecule has 0 unspecified atom stereocenters. The summed E-state index contributed by atoms with van der Waals surface area (Å²) in [5.74, 6) is 5.32. The fraction of sp³-hybridized carbons (Fsp3) is 0.542. The van der Waals surface area contributed by atoms with Gasteiger partial charge in [0.1, 0.15) is 11.5 Å². The lowest BCUT2D eigenvalue weighted by Crippen LogP contribution is -2.30. The van der Waals surface area contributed by atoms with Crippen molar-refractivity contribution < 1.29 is 19.1 Å². The summed E-state index contributed by atoms with van der Waals surface area (Å²) in [4.78, 5) is 27.4. The van der Waals surface area contributed by atoms with Gasteiger partial charge in [-0.1, -0.05) is 88.8 Å². The molecule has 3 saturated carbocycles. The summed E-state index contributed by atoms with van der Waals surface area (Å²) in [7, 11) is 0. The van der Waals surface area contributed by atoms with E-state index in [-0.39, 0.29) is 17.9 Å². The lowest BCUT2D eigenvalue weighted by molar-refractivity contribution is -0.140. The maximum Gasteiger partial charge on any atom is 0.339 e. The Kier molecular flexibility index (Phi) is 11.1. The number of nitrogens with one attached hydrogen (secondary N) is 1. The Labute approximate surface area is 317 Å². The van der Waals surface area contributed by atoms with Crippen LogP contribution in [-0.2, 0) is 9.59 Å². The second-order valence-corrected chi connectivity index (χ2v) is 17.2. The first-order valence-corrected chi connectivity index (χ1v) is 21.2. The molecule has 0 radical (unpaired) electrons. The number of anilines is 1. The minimum Gasteiger partial charge on any atom is -0.426 e. The Morgan fingerprint density at radius 2 is 1.34 bits per heavy atom. The first kappa shape index (κ1) is 36.1. The number of allylic oxidation sites excluding steroid dienone is 1. The van der Waals surface area contributed by atoms with Crippen molar-refractivity contribution >= 4 is 40.2 Å². The predicted molar refractivity (Wildman–Crippen MR) is 216 cm³/mol. The van der Waals surface area contributed by atoms with Crippen molar-refractivity contribution in [2.24, 2.45) is 41.4 Å². The third kappa shape index (κ3) is 8.01. The van der Waals surface area contributed by atoms with Gasteiger partial charge in [0.05, 0.1) is 11.6 Å². The van der Waals surface area contributed by atoms with E-state index >= 15 is 0 Å². The van der Waals surface area contributed by atoms with Gasteiger partial charge >= 0.3 is 11.9 Å². The highest BCUT2D eigenvalue weighted by atomic mass is 16.5. The number of carbonyl (C=O) groups excluding carboxylic acids is 2. The molecule has 5 nitrogen and oxygen atoms in total. The zero-order chi connectivity index (χ0) is 36.3. The van der Waals surface area contributed by atoms with Gasteiger partial charge in [-0.2, -0.15) is 0 Å². The molecule has 5 aliphatic rings. The molecule has 4 aliphatic carbocycles. The monoisotopic (exact) mass is 713 g/mol. The van der Waals surface area contributed by atoms with Crippen LogP contribution in [0.2, 0.25) is 0 Å². The van der Waals surface area contributed by atoms with Crippen LogP contribution in [0.4, 0.5) is 5.69 Å². The lowest BCUT2D eigenvalue weighted by atomic mass is 9.69. The molecule has 5 heteroatoms. The molecule has 53 heavy (non-hydrogen) atoms. The molecule has 1 N–H and O–H groups in total. The van der Waals surface area contributed by atoms with Crippen LogP contribution >= 0.6 is 0 Å². The van der Waals surface area contributed by atoms with Gasteiger partial charge in [0, 0.05) is 22.2 Å². The van der Waals surface area contributed by atoms with Crippen LogP contribution < -0.4 is 14.8 Å². The Hall–Kier alpha value is -3.86. The third-order valence-electron chi connectivity index (χ3n) is 14.3. The van der Waals surface area contributed by atoms with Crippen LogP contribution in [0.25, 0.3) is 22.5 Å². The van der Waals surface area contributed by atoms with Crippen molar-refractivity contribution in [3.05, 3.63) is 77.4 Å². The Balaban J connectivity index is 0.978. The van der Waals surface area contributed by atoms with Gasteiger partial charge < -0.3 is 14.8 Å². The van der Waals surface area contributed by atoms with Crippen LogP contribution in [0.1, 0.15) is 134 Å². The highest BCUT2D eigenvalue weighted by Crippen LogP contribution is 2.44. The van der Waals surface area contributed by atoms with Gasteiger partial charge in [0.15, 0.2) is 0 Å². The van der Waals surface area contributed by atoms with E-state index in [1.165, 1.54) is 75.0 Å². The molecule has 1 atom stereocenters. The first-order chi connectivity index (χ1) is 25.9. The van der Waals surface area contributed by atoms with Crippen LogP contribution in [0, 0.1) is 41.4 Å². The Morgan fingerprint density at radius 3 is 1.98 bits per heavy atom. The van der Waals surface area contributed by atoms with Crippen molar-refractivity contribution in [3.63, 3.8) is 0 Å². The smallest absolute Gasteiger partial charge is 0.339 e.